The van der Waals surface area contributed by atoms with E-state index in [1.54, 1.807) is 6.92 Å². The maximum atomic E-state index is 7.57. The minimum atomic E-state index is 0.250. The lowest BCUT2D eigenvalue weighted by molar-refractivity contribution is 0.318. The summed E-state index contributed by atoms with van der Waals surface area (Å²) in [5.41, 5.74) is 0. The summed E-state index contributed by atoms with van der Waals surface area (Å²) in [6, 6.07) is 0. The van der Waals surface area contributed by atoms with Gasteiger partial charge in [0.2, 0.25) is 0 Å². The first-order valence-electron chi connectivity index (χ1n) is 4.04. The molecule has 0 aromatic rings. The molecule has 3 heteroatoms. The van der Waals surface area contributed by atoms with Gasteiger partial charge in [-0.25, -0.2) is 0 Å². The van der Waals surface area contributed by atoms with E-state index in [9.17, 15) is 0 Å². The van der Waals surface area contributed by atoms with Crippen LogP contribution in [0.25, 0.3) is 0 Å². The van der Waals surface area contributed by atoms with Crippen LogP contribution in [0.5, 0.6) is 0 Å². The summed E-state index contributed by atoms with van der Waals surface area (Å²) in [7, 11) is 0. The van der Waals surface area contributed by atoms with Crippen LogP contribution in [-0.4, -0.2) is 37.1 Å². The molecule has 0 aliphatic carbocycles. The van der Waals surface area contributed by atoms with Crippen molar-refractivity contribution in [3.05, 3.63) is 0 Å². The van der Waals surface area contributed by atoms with Crippen LogP contribution >= 0.6 is 0 Å². The number of aliphatic hydroxyl groups excluding tert-OH is 1. The van der Waals surface area contributed by atoms with E-state index in [1.165, 1.54) is 0 Å². The Morgan fingerprint density at radius 2 is 1.27 bits per heavy atom. The van der Waals surface area contributed by atoms with Crippen molar-refractivity contribution in [3.8, 4) is 0 Å². The summed E-state index contributed by atoms with van der Waals surface area (Å²) in [5.74, 6) is 0. The molecule has 2 aliphatic rings. The van der Waals surface area contributed by atoms with Gasteiger partial charge in [-0.3, -0.25) is 0 Å². The van der Waals surface area contributed by atoms with Crippen LogP contribution in [0.2, 0.25) is 0 Å². The number of rotatable bonds is 0. The molecule has 2 heterocycles. The first kappa shape index (κ1) is 10.9. The molecule has 0 radical (unpaired) electrons. The second-order valence-corrected chi connectivity index (χ2v) is 2.60. The number of aliphatic hydroxyl groups is 1. The monoisotopic (exact) mass is 162 g/mol. The molecule has 0 amide bonds. The van der Waals surface area contributed by atoms with Gasteiger partial charge in [0.15, 0.2) is 0 Å². The predicted molar refractivity (Wildman–Crippen MR) is 43.6 cm³/mol. The molecule has 3 nitrogen and oxygen atoms in total. The lowest BCUT2D eigenvalue weighted by atomic mass is 10.6. The third-order valence-electron chi connectivity index (χ3n) is 1.00. The Labute approximate surface area is 68.3 Å². The van der Waals surface area contributed by atoms with Gasteiger partial charge in [-0.15, -0.1) is 0 Å². The second-order valence-electron chi connectivity index (χ2n) is 2.60. The number of epoxide rings is 2. The van der Waals surface area contributed by atoms with Crippen molar-refractivity contribution in [2.45, 2.75) is 33.0 Å². The highest BCUT2D eigenvalue weighted by Gasteiger charge is 2.13. The zero-order chi connectivity index (χ0) is 8.69. The van der Waals surface area contributed by atoms with E-state index in [4.69, 9.17) is 14.6 Å². The van der Waals surface area contributed by atoms with E-state index >= 15 is 0 Å². The highest BCUT2D eigenvalue weighted by Crippen LogP contribution is 2.04. The highest BCUT2D eigenvalue weighted by molar-refractivity contribution is 4.58. The fourth-order valence-corrected chi connectivity index (χ4v) is 0.192. The van der Waals surface area contributed by atoms with E-state index in [1.807, 2.05) is 0 Å². The van der Waals surface area contributed by atoms with Gasteiger partial charge >= 0.3 is 0 Å². The molecule has 0 aromatic heterocycles. The molecule has 1 N–H and O–H groups in total. The Hall–Kier alpha value is -0.120. The summed E-state index contributed by atoms with van der Waals surface area (Å²) in [6.45, 7) is 8.01. The van der Waals surface area contributed by atoms with Crippen molar-refractivity contribution in [1.82, 2.24) is 0 Å². The largest absolute Gasteiger partial charge is 0.397 e. The van der Waals surface area contributed by atoms with Gasteiger partial charge in [-0.2, -0.15) is 0 Å². The Morgan fingerprint density at radius 3 is 1.27 bits per heavy atom. The van der Waals surface area contributed by atoms with Crippen molar-refractivity contribution in [2.75, 3.05) is 19.8 Å². The smallest absolute Gasteiger partial charge is 0.0781 e. The molecular weight excluding hydrogens is 144 g/mol. The Kier molecular flexibility index (Phi) is 6.51. The molecule has 2 saturated heterocycles. The van der Waals surface area contributed by atoms with Crippen LogP contribution in [0.3, 0.4) is 0 Å². The molecule has 0 saturated carbocycles. The molecule has 11 heavy (non-hydrogen) atoms. The molecule has 0 spiro atoms. The van der Waals surface area contributed by atoms with E-state index in [0.29, 0.717) is 12.2 Å². The molecule has 0 bridgehead atoms. The van der Waals surface area contributed by atoms with Gasteiger partial charge in [-0.05, 0) is 20.8 Å². The van der Waals surface area contributed by atoms with E-state index in [0.717, 1.165) is 13.2 Å². The second kappa shape index (κ2) is 6.58. The molecule has 0 aromatic carbocycles. The molecule has 2 rings (SSSR count). The molecule has 2 fully saturated rings. The maximum Gasteiger partial charge on any atom is 0.0781 e. The van der Waals surface area contributed by atoms with Crippen molar-refractivity contribution in [1.29, 1.82) is 0 Å². The normalized spacial score (nSPS) is 30.5. The average Bonchev–Trinajstić information content (AvgIpc) is 2.76. The lowest BCUT2D eigenvalue weighted by Crippen LogP contribution is -1.60. The molecular formula is C8H18O3. The van der Waals surface area contributed by atoms with Crippen LogP contribution in [0.1, 0.15) is 20.8 Å². The van der Waals surface area contributed by atoms with Gasteiger partial charge in [0.05, 0.1) is 25.4 Å². The maximum absolute atomic E-state index is 7.57. The van der Waals surface area contributed by atoms with Crippen molar-refractivity contribution >= 4 is 0 Å². The zero-order valence-corrected chi connectivity index (χ0v) is 7.54. The fraction of sp³-hybridized carbons (Fsp3) is 1.00. The van der Waals surface area contributed by atoms with Gasteiger partial charge < -0.3 is 14.6 Å². The summed E-state index contributed by atoms with van der Waals surface area (Å²) < 4.78 is 9.42. The van der Waals surface area contributed by atoms with E-state index in [2.05, 4.69) is 13.8 Å². The third kappa shape index (κ3) is 17.7. The van der Waals surface area contributed by atoms with Crippen molar-refractivity contribution < 1.29 is 14.6 Å². The summed E-state index contributed by atoms with van der Waals surface area (Å²) in [4.78, 5) is 0. The van der Waals surface area contributed by atoms with E-state index < -0.39 is 0 Å². The highest BCUT2D eigenvalue weighted by atomic mass is 16.6. The van der Waals surface area contributed by atoms with Crippen LogP contribution in [0.15, 0.2) is 0 Å². The Bertz CT molecular complexity index is 67.4. The average molecular weight is 162 g/mol. The fourth-order valence-electron chi connectivity index (χ4n) is 0.192. The van der Waals surface area contributed by atoms with Crippen molar-refractivity contribution in [3.63, 3.8) is 0 Å². The number of ether oxygens (including phenoxy) is 2. The zero-order valence-electron chi connectivity index (χ0n) is 7.54. The standard InChI is InChI=1S/2C3H6O.C2H6O/c2*1-3-2-4-3;1-2-3/h2*3H,2H2,1H3;3H,2H2,1H3. The molecule has 2 unspecified atom stereocenters. The van der Waals surface area contributed by atoms with Gasteiger partial charge in [0.25, 0.3) is 0 Å². The lowest BCUT2D eigenvalue weighted by Gasteiger charge is -1.52. The van der Waals surface area contributed by atoms with Gasteiger partial charge in [0, 0.05) is 6.61 Å². The van der Waals surface area contributed by atoms with Gasteiger partial charge in [-0.1, -0.05) is 0 Å². The van der Waals surface area contributed by atoms with Crippen LogP contribution < -0.4 is 0 Å². The minimum absolute atomic E-state index is 0.250. The third-order valence-corrected chi connectivity index (χ3v) is 1.00. The molecule has 2 atom stereocenters. The van der Waals surface area contributed by atoms with Gasteiger partial charge in [0.1, 0.15) is 0 Å². The van der Waals surface area contributed by atoms with Crippen LogP contribution in [0, 0.1) is 0 Å². The topological polar surface area (TPSA) is 45.3 Å². The molecule has 2 aliphatic heterocycles. The minimum Gasteiger partial charge on any atom is -0.397 e. The van der Waals surface area contributed by atoms with Crippen LogP contribution in [-0.2, 0) is 9.47 Å². The molecule has 68 valence electrons. The predicted octanol–water partition coefficient (Wildman–Crippen LogP) is 0.809. The quantitative estimate of drug-likeness (QED) is 0.536. The first-order valence-corrected chi connectivity index (χ1v) is 4.04. The van der Waals surface area contributed by atoms with E-state index in [-0.39, 0.29) is 6.61 Å². The SMILES string of the molecule is CC1CO1.CC1CO1.CCO. The summed E-state index contributed by atoms with van der Waals surface area (Å²) in [5, 5.41) is 7.57. The Balaban J connectivity index is 0.000000139. The van der Waals surface area contributed by atoms with Crippen LogP contribution in [0.4, 0.5) is 0 Å². The number of hydrogen-bond acceptors (Lipinski definition) is 3. The first-order chi connectivity index (χ1) is 5.20. The number of hydrogen-bond donors (Lipinski definition) is 1. The summed E-state index contributed by atoms with van der Waals surface area (Å²) in [6.07, 6.45) is 1.17. The Morgan fingerprint density at radius 1 is 1.18 bits per heavy atom. The van der Waals surface area contributed by atoms with Crippen molar-refractivity contribution in [2.24, 2.45) is 0 Å². The summed E-state index contributed by atoms with van der Waals surface area (Å²) >= 11 is 0.